The van der Waals surface area contributed by atoms with Crippen molar-refractivity contribution in [3.8, 4) is 17.1 Å². The van der Waals surface area contributed by atoms with Crippen molar-refractivity contribution in [1.29, 1.82) is 0 Å². The molecule has 20 heavy (non-hydrogen) atoms. The third-order valence-electron chi connectivity index (χ3n) is 2.78. The predicted octanol–water partition coefficient (Wildman–Crippen LogP) is 4.73. The molecule has 0 fully saturated rings. The second-order valence-corrected chi connectivity index (χ2v) is 4.81. The Hall–Kier alpha value is -1.55. The molecule has 6 heteroatoms. The van der Waals surface area contributed by atoms with E-state index in [1.54, 1.807) is 12.3 Å². The fourth-order valence-electron chi connectivity index (χ4n) is 1.86. The zero-order valence-electron chi connectivity index (χ0n) is 10.0. The average molecular weight is 328 g/mol. The highest BCUT2D eigenvalue weighted by Crippen LogP contribution is 2.37. The molecule has 0 aliphatic carbocycles. The number of nitrogens with zero attached hydrogens (tertiary/aromatic N) is 2. The molecular formula is C14H9Cl3N2O. The highest BCUT2D eigenvalue weighted by atomic mass is 35.5. The molecule has 3 nitrogen and oxygen atoms in total. The molecular weight excluding hydrogens is 319 g/mol. The monoisotopic (exact) mass is 326 g/mol. The average Bonchev–Trinajstić information content (AvgIpc) is 2.45. The van der Waals surface area contributed by atoms with E-state index in [0.717, 1.165) is 5.69 Å². The quantitative estimate of drug-likeness (QED) is 0.702. The van der Waals surface area contributed by atoms with Crippen LogP contribution in [0.5, 0.6) is 5.75 Å². The Kier molecular flexibility index (Phi) is 4.33. The number of rotatable bonds is 1. The molecule has 0 aliphatic heterocycles. The minimum absolute atomic E-state index is 0. The van der Waals surface area contributed by atoms with Gasteiger partial charge < -0.3 is 5.11 Å². The number of hydrogen-bond acceptors (Lipinski definition) is 3. The minimum Gasteiger partial charge on any atom is -0.504 e. The third kappa shape index (κ3) is 2.52. The Balaban J connectivity index is 0.00000147. The number of aromatic hydroxyl groups is 1. The Bertz CT molecular complexity index is 763. The fraction of sp³-hybridized carbons (Fsp3) is 0. The van der Waals surface area contributed by atoms with Crippen molar-refractivity contribution in [1.82, 2.24) is 9.97 Å². The Morgan fingerprint density at radius 3 is 2.45 bits per heavy atom. The first-order chi connectivity index (χ1) is 9.16. The fourth-order valence-corrected chi connectivity index (χ4v) is 2.38. The zero-order chi connectivity index (χ0) is 13.4. The summed E-state index contributed by atoms with van der Waals surface area (Å²) in [6.45, 7) is 0. The van der Waals surface area contributed by atoms with Gasteiger partial charge in [-0.05, 0) is 30.3 Å². The smallest absolute Gasteiger partial charge is 0.160 e. The van der Waals surface area contributed by atoms with Crippen LogP contribution in [0, 0.1) is 0 Å². The molecule has 1 N–H and O–H groups in total. The molecule has 0 bridgehead atoms. The number of hydrogen-bond donors (Lipinski definition) is 1. The number of phenols is 1. The van der Waals surface area contributed by atoms with E-state index >= 15 is 0 Å². The van der Waals surface area contributed by atoms with E-state index in [2.05, 4.69) is 9.97 Å². The molecule has 0 saturated heterocycles. The summed E-state index contributed by atoms with van der Waals surface area (Å²) in [5.41, 5.74) is 1.75. The summed E-state index contributed by atoms with van der Waals surface area (Å²) >= 11 is 12.0. The van der Waals surface area contributed by atoms with Gasteiger partial charge in [0.2, 0.25) is 0 Å². The second-order valence-electron chi connectivity index (χ2n) is 4.00. The van der Waals surface area contributed by atoms with E-state index < -0.39 is 0 Å². The number of halogens is 3. The maximum atomic E-state index is 9.98. The van der Waals surface area contributed by atoms with Gasteiger partial charge in [-0.15, -0.1) is 12.4 Å². The van der Waals surface area contributed by atoms with Crippen LogP contribution in [-0.4, -0.2) is 15.1 Å². The van der Waals surface area contributed by atoms with Crippen molar-refractivity contribution in [2.45, 2.75) is 0 Å². The molecule has 1 aromatic carbocycles. The van der Waals surface area contributed by atoms with Crippen molar-refractivity contribution < 1.29 is 5.11 Å². The first-order valence-corrected chi connectivity index (χ1v) is 6.31. The van der Waals surface area contributed by atoms with Crippen molar-refractivity contribution in [3.05, 3.63) is 52.6 Å². The summed E-state index contributed by atoms with van der Waals surface area (Å²) in [5.74, 6) is -0.0705. The van der Waals surface area contributed by atoms with Crippen LogP contribution in [0.1, 0.15) is 0 Å². The van der Waals surface area contributed by atoms with Gasteiger partial charge in [0.05, 0.1) is 21.4 Å². The third-order valence-corrected chi connectivity index (χ3v) is 3.38. The van der Waals surface area contributed by atoms with Gasteiger partial charge in [-0.3, -0.25) is 4.98 Å². The first kappa shape index (κ1) is 14.9. The maximum absolute atomic E-state index is 9.98. The van der Waals surface area contributed by atoms with Gasteiger partial charge in [0.25, 0.3) is 0 Å². The number of fused-ring (bicyclic) bond motifs is 1. The van der Waals surface area contributed by atoms with Gasteiger partial charge in [-0.25, -0.2) is 4.98 Å². The number of aromatic nitrogens is 2. The van der Waals surface area contributed by atoms with Crippen LogP contribution in [0.2, 0.25) is 10.0 Å². The Labute approximate surface area is 131 Å². The molecule has 3 aromatic rings. The topological polar surface area (TPSA) is 46.0 Å². The molecule has 0 amide bonds. The van der Waals surface area contributed by atoms with Crippen LogP contribution >= 0.6 is 35.6 Å². The van der Waals surface area contributed by atoms with Crippen LogP contribution in [0.15, 0.2) is 42.6 Å². The zero-order valence-corrected chi connectivity index (χ0v) is 12.4. The van der Waals surface area contributed by atoms with Crippen LogP contribution in [0.25, 0.3) is 22.3 Å². The van der Waals surface area contributed by atoms with Crippen LogP contribution in [0.3, 0.4) is 0 Å². The van der Waals surface area contributed by atoms with Crippen molar-refractivity contribution in [2.24, 2.45) is 0 Å². The molecule has 2 aromatic heterocycles. The molecule has 0 spiro atoms. The lowest BCUT2D eigenvalue weighted by molar-refractivity contribution is 0.480. The molecule has 0 saturated carbocycles. The molecule has 0 aliphatic rings. The number of phenolic OH excluding ortho intramolecular Hbond substituents is 1. The molecule has 0 atom stereocenters. The standard InChI is InChI=1S/C14H8Cl2N2O.ClH/c15-9-7-10(16)14(19)13-8(9)4-5-12(18-13)11-3-1-2-6-17-11;/h1-7,19H;1H. The normalized spacial score (nSPS) is 10.3. The predicted molar refractivity (Wildman–Crippen MR) is 83.9 cm³/mol. The summed E-state index contributed by atoms with van der Waals surface area (Å²) < 4.78 is 0. The van der Waals surface area contributed by atoms with Gasteiger partial charge in [0.15, 0.2) is 5.75 Å². The lowest BCUT2D eigenvalue weighted by atomic mass is 10.1. The molecule has 0 unspecified atom stereocenters. The van der Waals surface area contributed by atoms with E-state index in [0.29, 0.717) is 21.6 Å². The van der Waals surface area contributed by atoms with Gasteiger partial charge >= 0.3 is 0 Å². The summed E-state index contributed by atoms with van der Waals surface area (Å²) in [4.78, 5) is 8.61. The van der Waals surface area contributed by atoms with E-state index in [1.807, 2.05) is 24.3 Å². The van der Waals surface area contributed by atoms with Gasteiger partial charge in [-0.1, -0.05) is 29.3 Å². The summed E-state index contributed by atoms with van der Waals surface area (Å²) in [6.07, 6.45) is 1.69. The van der Waals surface area contributed by atoms with E-state index in [-0.39, 0.29) is 23.2 Å². The Morgan fingerprint density at radius 2 is 1.75 bits per heavy atom. The molecule has 2 heterocycles. The van der Waals surface area contributed by atoms with E-state index in [9.17, 15) is 5.11 Å². The number of pyridine rings is 2. The highest BCUT2D eigenvalue weighted by Gasteiger charge is 2.12. The molecule has 102 valence electrons. The van der Waals surface area contributed by atoms with Crippen molar-refractivity contribution in [2.75, 3.05) is 0 Å². The maximum Gasteiger partial charge on any atom is 0.160 e. The van der Waals surface area contributed by atoms with Gasteiger partial charge in [0.1, 0.15) is 5.52 Å². The molecule has 3 rings (SSSR count). The highest BCUT2D eigenvalue weighted by molar-refractivity contribution is 6.39. The van der Waals surface area contributed by atoms with Crippen molar-refractivity contribution >= 4 is 46.5 Å². The van der Waals surface area contributed by atoms with E-state index in [4.69, 9.17) is 23.2 Å². The van der Waals surface area contributed by atoms with Crippen LogP contribution < -0.4 is 0 Å². The van der Waals surface area contributed by atoms with Gasteiger partial charge in [0, 0.05) is 11.6 Å². The molecule has 0 radical (unpaired) electrons. The van der Waals surface area contributed by atoms with E-state index in [1.165, 1.54) is 6.07 Å². The second kappa shape index (κ2) is 5.83. The minimum atomic E-state index is -0.0705. The number of benzene rings is 1. The van der Waals surface area contributed by atoms with Crippen LogP contribution in [-0.2, 0) is 0 Å². The van der Waals surface area contributed by atoms with Crippen LogP contribution in [0.4, 0.5) is 0 Å². The lowest BCUT2D eigenvalue weighted by Gasteiger charge is -2.07. The largest absolute Gasteiger partial charge is 0.504 e. The van der Waals surface area contributed by atoms with Crippen molar-refractivity contribution in [3.63, 3.8) is 0 Å². The Morgan fingerprint density at radius 1 is 0.950 bits per heavy atom. The first-order valence-electron chi connectivity index (χ1n) is 5.56. The summed E-state index contributed by atoms with van der Waals surface area (Å²) in [6, 6.07) is 10.7. The van der Waals surface area contributed by atoms with Gasteiger partial charge in [-0.2, -0.15) is 0 Å². The SMILES string of the molecule is Cl.Oc1c(Cl)cc(Cl)c2ccc(-c3ccccn3)nc12. The summed E-state index contributed by atoms with van der Waals surface area (Å²) in [7, 11) is 0. The lowest BCUT2D eigenvalue weighted by Crippen LogP contribution is -1.89. The summed E-state index contributed by atoms with van der Waals surface area (Å²) in [5, 5.41) is 11.3.